The number of carbonyl (C=O) groups is 1. The molecule has 1 aliphatic heterocycles. The first kappa shape index (κ1) is 20.7. The fourth-order valence-corrected chi connectivity index (χ4v) is 4.87. The summed E-state index contributed by atoms with van der Waals surface area (Å²) in [6.45, 7) is 2.73. The van der Waals surface area contributed by atoms with Crippen molar-refractivity contribution < 1.29 is 30.9 Å². The molecule has 0 saturated carbocycles. The lowest BCUT2D eigenvalue weighted by atomic mass is 9.98. The van der Waals surface area contributed by atoms with Crippen molar-refractivity contribution in [2.24, 2.45) is 5.92 Å². The molecule has 1 amide bonds. The number of piperidine rings is 1. The molecule has 26 heavy (non-hydrogen) atoms. The summed E-state index contributed by atoms with van der Waals surface area (Å²) < 4.78 is 68.8. The van der Waals surface area contributed by atoms with Crippen molar-refractivity contribution in [3.8, 4) is 0 Å². The summed E-state index contributed by atoms with van der Waals surface area (Å²) in [6, 6.07) is 0. The molecule has 0 radical (unpaired) electrons. The molecular weight excluding hydrogens is 375 g/mol. The maximum atomic E-state index is 12.8. The Balaban J connectivity index is 2.10. The highest BCUT2D eigenvalue weighted by Crippen LogP contribution is 2.28. The maximum Gasteiger partial charge on any atom is 0.390 e. The number of hydrogen-bond donors (Lipinski definition) is 0. The van der Waals surface area contributed by atoms with E-state index in [1.807, 2.05) is 0 Å². The number of aryl methyl sites for hydroxylation is 2. The van der Waals surface area contributed by atoms with Gasteiger partial charge in [0.1, 0.15) is 10.6 Å². The topological polar surface area (TPSA) is 83.7 Å². The first-order valence-electron chi connectivity index (χ1n) is 8.18. The van der Waals surface area contributed by atoms with Crippen molar-refractivity contribution in [3.05, 3.63) is 11.5 Å². The lowest BCUT2D eigenvalue weighted by Crippen LogP contribution is -2.46. The SMILES string of the molecule is Cc1noc(C)c1S(=O)(=O)N1CCCC(C(=O)N(C)CCC(F)(F)F)C1. The molecule has 1 fully saturated rings. The Bertz CT molecular complexity index is 741. The summed E-state index contributed by atoms with van der Waals surface area (Å²) in [6.07, 6.45) is -4.56. The zero-order valence-corrected chi connectivity index (χ0v) is 15.7. The van der Waals surface area contributed by atoms with Crippen molar-refractivity contribution >= 4 is 15.9 Å². The molecular formula is C15H22F3N3O4S. The lowest BCUT2D eigenvalue weighted by molar-refractivity contribution is -0.146. The van der Waals surface area contributed by atoms with Crippen LogP contribution in [0.3, 0.4) is 0 Å². The quantitative estimate of drug-likeness (QED) is 0.760. The molecule has 7 nitrogen and oxygen atoms in total. The molecule has 0 spiro atoms. The van der Waals surface area contributed by atoms with E-state index < -0.39 is 41.0 Å². The zero-order chi connectivity index (χ0) is 19.7. The molecule has 1 aliphatic rings. The highest BCUT2D eigenvalue weighted by molar-refractivity contribution is 7.89. The normalized spacial score (nSPS) is 19.5. The second kappa shape index (κ2) is 7.55. The van der Waals surface area contributed by atoms with E-state index in [-0.39, 0.29) is 29.4 Å². The molecule has 1 atom stereocenters. The minimum absolute atomic E-state index is 0.0176. The monoisotopic (exact) mass is 397 g/mol. The van der Waals surface area contributed by atoms with Gasteiger partial charge in [0.05, 0.1) is 12.3 Å². The highest BCUT2D eigenvalue weighted by atomic mass is 32.2. The van der Waals surface area contributed by atoms with Crippen molar-refractivity contribution in [2.75, 3.05) is 26.7 Å². The first-order valence-corrected chi connectivity index (χ1v) is 9.62. The van der Waals surface area contributed by atoms with Crippen molar-refractivity contribution in [2.45, 2.75) is 44.2 Å². The predicted molar refractivity (Wildman–Crippen MR) is 85.8 cm³/mol. The van der Waals surface area contributed by atoms with Crippen LogP contribution < -0.4 is 0 Å². The van der Waals surface area contributed by atoms with Gasteiger partial charge in [-0.1, -0.05) is 5.16 Å². The number of halogens is 3. The molecule has 0 aromatic carbocycles. The molecule has 1 unspecified atom stereocenters. The molecule has 148 valence electrons. The minimum atomic E-state index is -4.35. The van der Waals surface area contributed by atoms with Gasteiger partial charge in [0.2, 0.25) is 15.9 Å². The molecule has 1 aromatic heterocycles. The van der Waals surface area contributed by atoms with Gasteiger partial charge < -0.3 is 9.42 Å². The van der Waals surface area contributed by atoms with Gasteiger partial charge in [-0.25, -0.2) is 8.42 Å². The van der Waals surface area contributed by atoms with Gasteiger partial charge in [-0.15, -0.1) is 0 Å². The Morgan fingerprint density at radius 1 is 1.38 bits per heavy atom. The number of nitrogens with zero attached hydrogens (tertiary/aromatic N) is 3. The second-order valence-electron chi connectivity index (χ2n) is 6.48. The van der Waals surface area contributed by atoms with Crippen molar-refractivity contribution in [1.29, 1.82) is 0 Å². The van der Waals surface area contributed by atoms with Gasteiger partial charge in [0.15, 0.2) is 5.76 Å². The third kappa shape index (κ3) is 4.56. The van der Waals surface area contributed by atoms with Gasteiger partial charge in [0, 0.05) is 26.7 Å². The predicted octanol–water partition coefficient (Wildman–Crippen LogP) is 2.10. The first-order chi connectivity index (χ1) is 11.9. The number of amides is 1. The van der Waals surface area contributed by atoms with E-state index in [1.165, 1.54) is 25.2 Å². The molecule has 2 rings (SSSR count). The average molecular weight is 397 g/mol. The zero-order valence-electron chi connectivity index (χ0n) is 14.8. The molecule has 0 N–H and O–H groups in total. The van der Waals surface area contributed by atoms with Crippen LogP contribution in [0, 0.1) is 19.8 Å². The summed E-state index contributed by atoms with van der Waals surface area (Å²) >= 11 is 0. The Kier molecular flexibility index (Phi) is 6.01. The average Bonchev–Trinajstić information content (AvgIpc) is 2.90. The largest absolute Gasteiger partial charge is 0.390 e. The van der Waals surface area contributed by atoms with Crippen LogP contribution in [-0.4, -0.2) is 61.5 Å². The van der Waals surface area contributed by atoms with Crippen LogP contribution in [0.15, 0.2) is 9.42 Å². The van der Waals surface area contributed by atoms with Crippen LogP contribution in [0.4, 0.5) is 13.2 Å². The summed E-state index contributed by atoms with van der Waals surface area (Å²) in [4.78, 5) is 13.4. The number of rotatable bonds is 5. The Hall–Kier alpha value is -1.62. The van der Waals surface area contributed by atoms with Gasteiger partial charge in [-0.3, -0.25) is 4.79 Å². The van der Waals surface area contributed by atoms with Gasteiger partial charge in [-0.2, -0.15) is 17.5 Å². The maximum absolute atomic E-state index is 12.8. The van der Waals surface area contributed by atoms with E-state index in [0.29, 0.717) is 12.8 Å². The summed E-state index contributed by atoms with van der Waals surface area (Å²) in [5.41, 5.74) is 0.234. The Labute approximate surface area is 150 Å². The molecule has 0 aliphatic carbocycles. The number of carbonyl (C=O) groups excluding carboxylic acids is 1. The van der Waals surface area contributed by atoms with E-state index in [4.69, 9.17) is 4.52 Å². The van der Waals surface area contributed by atoms with Crippen molar-refractivity contribution in [3.63, 3.8) is 0 Å². The molecule has 11 heteroatoms. The van der Waals surface area contributed by atoms with Crippen LogP contribution in [0.1, 0.15) is 30.7 Å². The van der Waals surface area contributed by atoms with Gasteiger partial charge in [-0.05, 0) is 26.7 Å². The number of sulfonamides is 1. The smallest absolute Gasteiger partial charge is 0.360 e. The van der Waals surface area contributed by atoms with E-state index in [9.17, 15) is 26.4 Å². The second-order valence-corrected chi connectivity index (χ2v) is 8.36. The third-order valence-corrected chi connectivity index (χ3v) is 6.52. The third-order valence-electron chi connectivity index (χ3n) is 4.41. The molecule has 1 saturated heterocycles. The molecule has 2 heterocycles. The fourth-order valence-electron chi connectivity index (χ4n) is 3.05. The molecule has 0 bridgehead atoms. The van der Waals surface area contributed by atoms with Crippen molar-refractivity contribution in [1.82, 2.24) is 14.4 Å². The summed E-state index contributed by atoms with van der Waals surface area (Å²) in [5, 5.41) is 3.64. The number of hydrogen-bond acceptors (Lipinski definition) is 5. The van der Waals surface area contributed by atoms with Gasteiger partial charge in [0.25, 0.3) is 0 Å². The van der Waals surface area contributed by atoms with Crippen LogP contribution in [0.5, 0.6) is 0 Å². The molecule has 1 aromatic rings. The van der Waals surface area contributed by atoms with Crippen LogP contribution in [0.2, 0.25) is 0 Å². The lowest BCUT2D eigenvalue weighted by Gasteiger charge is -2.33. The summed E-state index contributed by atoms with van der Waals surface area (Å²) in [5.74, 6) is -0.983. The Morgan fingerprint density at radius 2 is 2.04 bits per heavy atom. The summed E-state index contributed by atoms with van der Waals surface area (Å²) in [7, 11) is -2.58. The van der Waals surface area contributed by atoms with E-state index >= 15 is 0 Å². The van der Waals surface area contributed by atoms with E-state index in [0.717, 1.165) is 4.90 Å². The van der Waals surface area contributed by atoms with E-state index in [2.05, 4.69) is 5.16 Å². The highest BCUT2D eigenvalue weighted by Gasteiger charge is 2.37. The minimum Gasteiger partial charge on any atom is -0.360 e. The number of aromatic nitrogens is 1. The standard InChI is InChI=1S/C15H22F3N3O4S/c1-10-13(11(2)25-19-10)26(23,24)21-7-4-5-12(9-21)14(22)20(3)8-6-15(16,17)18/h12H,4-9H2,1-3H3. The number of alkyl halides is 3. The van der Waals surface area contributed by atoms with Crippen LogP contribution >= 0.6 is 0 Å². The van der Waals surface area contributed by atoms with E-state index in [1.54, 1.807) is 0 Å². The van der Waals surface area contributed by atoms with Gasteiger partial charge >= 0.3 is 6.18 Å². The fraction of sp³-hybridized carbons (Fsp3) is 0.733. The van der Waals surface area contributed by atoms with Crippen LogP contribution in [0.25, 0.3) is 0 Å². The Morgan fingerprint density at radius 3 is 2.58 bits per heavy atom. The van der Waals surface area contributed by atoms with Crippen LogP contribution in [-0.2, 0) is 14.8 Å².